The molecule has 0 fully saturated rings. The van der Waals surface area contributed by atoms with Crippen LogP contribution in [0, 0.1) is 5.92 Å². The summed E-state index contributed by atoms with van der Waals surface area (Å²) in [7, 11) is 0. The molecular weight excluding hydrogens is 242 g/mol. The van der Waals surface area contributed by atoms with E-state index in [0.29, 0.717) is 24.2 Å². The standard InChI is InChI=1S/C14H15N3O2/c1-10(2)8-17-14(19)11(9-18)7-13(16-17)12-5-3-4-6-15-12/h3-7,9-10H,8H2,1-2H3. The van der Waals surface area contributed by atoms with Gasteiger partial charge in [0, 0.05) is 12.7 Å². The van der Waals surface area contributed by atoms with Gasteiger partial charge in [-0.3, -0.25) is 14.6 Å². The Hall–Kier alpha value is -2.30. The molecule has 0 spiro atoms. The molecular formula is C14H15N3O2. The Balaban J connectivity index is 2.57. The summed E-state index contributed by atoms with van der Waals surface area (Å²) in [6, 6.07) is 6.91. The third-order valence-electron chi connectivity index (χ3n) is 2.59. The maximum Gasteiger partial charge on any atom is 0.277 e. The Bertz CT molecular complexity index is 633. The van der Waals surface area contributed by atoms with E-state index in [0.717, 1.165) is 0 Å². The monoisotopic (exact) mass is 257 g/mol. The molecule has 0 saturated carbocycles. The van der Waals surface area contributed by atoms with Crippen LogP contribution >= 0.6 is 0 Å². The lowest BCUT2D eigenvalue weighted by Crippen LogP contribution is -2.28. The number of pyridine rings is 1. The predicted octanol–water partition coefficient (Wildman–Crippen LogP) is 1.77. The van der Waals surface area contributed by atoms with Gasteiger partial charge in [-0.25, -0.2) is 4.68 Å². The lowest BCUT2D eigenvalue weighted by Gasteiger charge is -2.10. The zero-order valence-corrected chi connectivity index (χ0v) is 10.9. The molecule has 0 aliphatic heterocycles. The molecule has 0 aromatic carbocycles. The molecule has 0 atom stereocenters. The molecule has 5 heteroatoms. The van der Waals surface area contributed by atoms with E-state index < -0.39 is 0 Å². The van der Waals surface area contributed by atoms with Crippen LogP contribution in [0.25, 0.3) is 11.4 Å². The van der Waals surface area contributed by atoms with Crippen molar-refractivity contribution in [2.75, 3.05) is 0 Å². The molecule has 5 nitrogen and oxygen atoms in total. The first-order valence-electron chi connectivity index (χ1n) is 6.10. The van der Waals surface area contributed by atoms with Gasteiger partial charge in [-0.1, -0.05) is 19.9 Å². The van der Waals surface area contributed by atoms with Crippen molar-refractivity contribution in [3.63, 3.8) is 0 Å². The molecule has 0 radical (unpaired) electrons. The number of carbonyl (C=O) groups is 1. The van der Waals surface area contributed by atoms with Crippen LogP contribution in [0.4, 0.5) is 0 Å². The van der Waals surface area contributed by atoms with Crippen molar-refractivity contribution < 1.29 is 4.79 Å². The Kier molecular flexibility index (Phi) is 3.85. The number of rotatable bonds is 4. The van der Waals surface area contributed by atoms with Gasteiger partial charge >= 0.3 is 0 Å². The van der Waals surface area contributed by atoms with Crippen molar-refractivity contribution in [2.24, 2.45) is 5.92 Å². The largest absolute Gasteiger partial charge is 0.298 e. The van der Waals surface area contributed by atoms with E-state index in [-0.39, 0.29) is 17.0 Å². The predicted molar refractivity (Wildman–Crippen MR) is 72.0 cm³/mol. The maximum absolute atomic E-state index is 12.0. The molecule has 0 saturated heterocycles. The van der Waals surface area contributed by atoms with Gasteiger partial charge in [0.1, 0.15) is 5.69 Å². The SMILES string of the molecule is CC(C)Cn1nc(-c2ccccn2)cc(C=O)c1=O. The summed E-state index contributed by atoms with van der Waals surface area (Å²) in [4.78, 5) is 27.1. The fraction of sp³-hybridized carbons (Fsp3) is 0.286. The second-order valence-corrected chi connectivity index (χ2v) is 4.70. The van der Waals surface area contributed by atoms with E-state index in [1.807, 2.05) is 19.9 Å². The summed E-state index contributed by atoms with van der Waals surface area (Å²) < 4.78 is 1.33. The number of hydrogen-bond donors (Lipinski definition) is 0. The fourth-order valence-electron chi connectivity index (χ4n) is 1.76. The van der Waals surface area contributed by atoms with Crippen molar-refractivity contribution in [2.45, 2.75) is 20.4 Å². The maximum atomic E-state index is 12.0. The average molecular weight is 257 g/mol. The van der Waals surface area contributed by atoms with Crippen LogP contribution in [-0.4, -0.2) is 21.1 Å². The van der Waals surface area contributed by atoms with Crippen LogP contribution in [0.15, 0.2) is 35.3 Å². The highest BCUT2D eigenvalue weighted by Gasteiger charge is 2.10. The van der Waals surface area contributed by atoms with Crippen LogP contribution in [0.1, 0.15) is 24.2 Å². The molecule has 19 heavy (non-hydrogen) atoms. The summed E-state index contributed by atoms with van der Waals surface area (Å²) in [6.45, 7) is 4.45. The highest BCUT2D eigenvalue weighted by molar-refractivity contribution is 5.76. The van der Waals surface area contributed by atoms with E-state index in [1.165, 1.54) is 10.7 Å². The number of aromatic nitrogens is 3. The second kappa shape index (κ2) is 5.56. The molecule has 0 N–H and O–H groups in total. The minimum absolute atomic E-state index is 0.108. The van der Waals surface area contributed by atoms with Crippen molar-refractivity contribution >= 4 is 6.29 Å². The van der Waals surface area contributed by atoms with Crippen molar-refractivity contribution in [1.82, 2.24) is 14.8 Å². The summed E-state index contributed by atoms with van der Waals surface area (Å²) >= 11 is 0. The van der Waals surface area contributed by atoms with E-state index in [1.54, 1.807) is 18.3 Å². The highest BCUT2D eigenvalue weighted by Crippen LogP contribution is 2.12. The first kappa shape index (κ1) is 13.1. The summed E-state index contributed by atoms with van der Waals surface area (Å²) in [5.74, 6) is 0.267. The number of hydrogen-bond acceptors (Lipinski definition) is 4. The zero-order valence-electron chi connectivity index (χ0n) is 10.9. The van der Waals surface area contributed by atoms with Crippen LogP contribution in [-0.2, 0) is 6.54 Å². The topological polar surface area (TPSA) is 64.8 Å². The third kappa shape index (κ3) is 2.93. The van der Waals surface area contributed by atoms with E-state index >= 15 is 0 Å². The van der Waals surface area contributed by atoms with Crippen LogP contribution < -0.4 is 5.56 Å². The van der Waals surface area contributed by atoms with Gasteiger partial charge in [-0.15, -0.1) is 0 Å². The van der Waals surface area contributed by atoms with Crippen LogP contribution in [0.3, 0.4) is 0 Å². The number of nitrogens with zero attached hydrogens (tertiary/aromatic N) is 3. The minimum Gasteiger partial charge on any atom is -0.298 e. The molecule has 0 unspecified atom stereocenters. The number of aldehydes is 1. The van der Waals surface area contributed by atoms with Gasteiger partial charge in [-0.2, -0.15) is 5.10 Å². The molecule has 0 aliphatic carbocycles. The Morgan fingerprint density at radius 3 is 2.68 bits per heavy atom. The lowest BCUT2D eigenvalue weighted by molar-refractivity contribution is 0.112. The average Bonchev–Trinajstić information content (AvgIpc) is 2.41. The second-order valence-electron chi connectivity index (χ2n) is 4.70. The van der Waals surface area contributed by atoms with Crippen molar-refractivity contribution in [3.05, 3.63) is 46.4 Å². The normalized spacial score (nSPS) is 10.7. The zero-order chi connectivity index (χ0) is 13.8. The molecule has 0 aliphatic rings. The van der Waals surface area contributed by atoms with E-state index in [4.69, 9.17) is 0 Å². The van der Waals surface area contributed by atoms with Crippen molar-refractivity contribution in [3.8, 4) is 11.4 Å². The molecule has 2 aromatic heterocycles. The van der Waals surface area contributed by atoms with Gasteiger partial charge in [0.05, 0.1) is 11.3 Å². The minimum atomic E-state index is -0.358. The van der Waals surface area contributed by atoms with Gasteiger partial charge in [0.25, 0.3) is 5.56 Å². The Morgan fingerprint density at radius 2 is 2.11 bits per heavy atom. The summed E-state index contributed by atoms with van der Waals surface area (Å²) in [6.07, 6.45) is 2.21. The fourth-order valence-corrected chi connectivity index (χ4v) is 1.76. The molecule has 2 heterocycles. The van der Waals surface area contributed by atoms with Gasteiger partial charge < -0.3 is 0 Å². The van der Waals surface area contributed by atoms with Crippen LogP contribution in [0.5, 0.6) is 0 Å². The Labute approximate surface area is 110 Å². The van der Waals surface area contributed by atoms with Crippen LogP contribution in [0.2, 0.25) is 0 Å². The van der Waals surface area contributed by atoms with Gasteiger partial charge in [0.2, 0.25) is 0 Å². The van der Waals surface area contributed by atoms with Crippen molar-refractivity contribution in [1.29, 1.82) is 0 Å². The Morgan fingerprint density at radius 1 is 1.32 bits per heavy atom. The smallest absolute Gasteiger partial charge is 0.277 e. The van der Waals surface area contributed by atoms with Gasteiger partial charge in [0.15, 0.2) is 6.29 Å². The first-order valence-corrected chi connectivity index (χ1v) is 6.10. The highest BCUT2D eigenvalue weighted by atomic mass is 16.1. The quantitative estimate of drug-likeness (QED) is 0.783. The van der Waals surface area contributed by atoms with E-state index in [2.05, 4.69) is 10.1 Å². The summed E-state index contributed by atoms with van der Waals surface area (Å²) in [5.41, 5.74) is 0.922. The number of carbonyl (C=O) groups excluding carboxylic acids is 1. The third-order valence-corrected chi connectivity index (χ3v) is 2.59. The molecule has 2 rings (SSSR count). The molecule has 0 bridgehead atoms. The first-order chi connectivity index (χ1) is 9.11. The molecule has 98 valence electrons. The van der Waals surface area contributed by atoms with E-state index in [9.17, 15) is 9.59 Å². The molecule has 0 amide bonds. The summed E-state index contributed by atoms with van der Waals surface area (Å²) in [5, 5.41) is 4.27. The van der Waals surface area contributed by atoms with Gasteiger partial charge in [-0.05, 0) is 24.1 Å². The molecule has 2 aromatic rings. The lowest BCUT2D eigenvalue weighted by atomic mass is 10.2.